The highest BCUT2D eigenvalue weighted by Gasteiger charge is 2.11. The fourth-order valence-electron chi connectivity index (χ4n) is 2.06. The first-order valence-corrected chi connectivity index (χ1v) is 7.14. The molecule has 0 amide bonds. The molecule has 3 rings (SSSR count). The van der Waals surface area contributed by atoms with Crippen LogP contribution in [0.4, 0.5) is 0 Å². The monoisotopic (exact) mass is 351 g/mol. The van der Waals surface area contributed by atoms with Crippen molar-refractivity contribution in [2.75, 3.05) is 7.11 Å². The second-order valence-corrected chi connectivity index (χ2v) is 5.47. The molecule has 0 fully saturated rings. The largest absolute Gasteiger partial charge is 0.497 e. The second kappa shape index (κ2) is 5.42. The van der Waals surface area contributed by atoms with Gasteiger partial charge in [0.15, 0.2) is 0 Å². The smallest absolute Gasteiger partial charge is 0.118 e. The van der Waals surface area contributed by atoms with Crippen LogP contribution in [-0.2, 0) is 6.54 Å². The highest BCUT2D eigenvalue weighted by atomic mass is 79.9. The van der Waals surface area contributed by atoms with E-state index in [0.29, 0.717) is 11.6 Å². The second-order valence-electron chi connectivity index (χ2n) is 4.31. The molecule has 20 heavy (non-hydrogen) atoms. The summed E-state index contributed by atoms with van der Waals surface area (Å²) < 4.78 is 7.77. The molecule has 4 nitrogen and oxygen atoms in total. The van der Waals surface area contributed by atoms with Gasteiger partial charge in [0.2, 0.25) is 0 Å². The summed E-state index contributed by atoms with van der Waals surface area (Å²) in [4.78, 5) is 4.16. The Hall–Kier alpha value is -1.59. The average Bonchev–Trinajstić information content (AvgIpc) is 2.89. The zero-order valence-electron chi connectivity index (χ0n) is 10.7. The molecule has 0 aliphatic carbocycles. The maximum atomic E-state index is 6.23. The van der Waals surface area contributed by atoms with Crippen molar-refractivity contribution >= 4 is 38.4 Å². The zero-order valence-corrected chi connectivity index (χ0v) is 13.0. The minimum atomic E-state index is 0.592. The van der Waals surface area contributed by atoms with E-state index in [1.54, 1.807) is 19.5 Å². The minimum Gasteiger partial charge on any atom is -0.497 e. The number of hydrogen-bond donors (Lipinski definition) is 0. The van der Waals surface area contributed by atoms with Crippen molar-refractivity contribution in [2.24, 2.45) is 0 Å². The summed E-state index contributed by atoms with van der Waals surface area (Å²) in [5.41, 5.74) is 2.00. The molecular weight excluding hydrogens is 342 g/mol. The Morgan fingerprint density at radius 1 is 1.25 bits per heavy atom. The number of ether oxygens (including phenoxy) is 1. The summed E-state index contributed by atoms with van der Waals surface area (Å²) in [6, 6.07) is 7.88. The summed E-state index contributed by atoms with van der Waals surface area (Å²) in [5.74, 6) is 0.837. The number of halogens is 2. The first-order valence-electron chi connectivity index (χ1n) is 5.97. The predicted octanol–water partition coefficient (Wildman–Crippen LogP) is 3.90. The molecule has 0 N–H and O–H groups in total. The van der Waals surface area contributed by atoms with Crippen LogP contribution in [0.1, 0.15) is 5.56 Å². The van der Waals surface area contributed by atoms with Crippen molar-refractivity contribution in [1.29, 1.82) is 0 Å². The maximum Gasteiger partial charge on any atom is 0.118 e. The van der Waals surface area contributed by atoms with Crippen LogP contribution in [0.3, 0.4) is 0 Å². The van der Waals surface area contributed by atoms with Gasteiger partial charge in [-0.05, 0) is 33.6 Å². The van der Waals surface area contributed by atoms with Gasteiger partial charge in [-0.2, -0.15) is 5.10 Å². The molecule has 0 saturated carbocycles. The molecule has 0 atom stereocenters. The number of aromatic nitrogens is 3. The lowest BCUT2D eigenvalue weighted by Gasteiger charge is -2.06. The number of pyridine rings is 1. The molecule has 6 heteroatoms. The number of benzene rings is 1. The van der Waals surface area contributed by atoms with Gasteiger partial charge in [-0.3, -0.25) is 4.68 Å². The molecule has 3 aromatic rings. The molecule has 0 unspecified atom stereocenters. The molecule has 0 radical (unpaired) electrons. The number of nitrogens with zero attached hydrogens (tertiary/aromatic N) is 3. The Kier molecular flexibility index (Phi) is 3.63. The van der Waals surface area contributed by atoms with Gasteiger partial charge in [0.05, 0.1) is 35.8 Å². The van der Waals surface area contributed by atoms with Crippen LogP contribution in [0.15, 0.2) is 41.3 Å². The predicted molar refractivity (Wildman–Crippen MR) is 82.3 cm³/mol. The molecule has 1 aromatic carbocycles. The van der Waals surface area contributed by atoms with Gasteiger partial charge in [-0.15, -0.1) is 0 Å². The average molecular weight is 353 g/mol. The Labute approximate surface area is 129 Å². The van der Waals surface area contributed by atoms with Crippen molar-refractivity contribution in [3.05, 3.63) is 51.8 Å². The fourth-order valence-corrected chi connectivity index (χ4v) is 2.70. The van der Waals surface area contributed by atoms with Gasteiger partial charge in [0.25, 0.3) is 0 Å². The third kappa shape index (κ3) is 2.39. The van der Waals surface area contributed by atoms with Crippen molar-refractivity contribution in [1.82, 2.24) is 14.8 Å². The normalized spacial score (nSPS) is 10.9. The van der Waals surface area contributed by atoms with Crippen LogP contribution in [0.2, 0.25) is 5.02 Å². The quantitative estimate of drug-likeness (QED) is 0.671. The number of methoxy groups -OCH3 is 1. The van der Waals surface area contributed by atoms with Crippen LogP contribution in [0.5, 0.6) is 5.75 Å². The van der Waals surface area contributed by atoms with Crippen molar-refractivity contribution in [3.63, 3.8) is 0 Å². The van der Waals surface area contributed by atoms with Gasteiger partial charge in [-0.1, -0.05) is 23.7 Å². The lowest BCUT2D eigenvalue weighted by atomic mass is 10.2. The van der Waals surface area contributed by atoms with Crippen molar-refractivity contribution < 1.29 is 4.74 Å². The standard InChI is InChI=1S/C14H11BrClN3O/c1-20-10-4-2-9(3-5-10)8-19-13-11(6-18-19)14(15)17-7-12(13)16/h2-7H,8H2,1H3. The highest BCUT2D eigenvalue weighted by Crippen LogP contribution is 2.28. The van der Waals surface area contributed by atoms with Crippen molar-refractivity contribution in [3.8, 4) is 5.75 Å². The zero-order chi connectivity index (χ0) is 14.1. The van der Waals surface area contributed by atoms with Gasteiger partial charge in [0.1, 0.15) is 10.4 Å². The molecule has 2 aromatic heterocycles. The summed E-state index contributed by atoms with van der Waals surface area (Å²) in [5, 5.41) is 5.89. The molecule has 0 aliphatic rings. The Bertz CT molecular complexity index is 755. The van der Waals surface area contributed by atoms with E-state index >= 15 is 0 Å². The van der Waals surface area contributed by atoms with E-state index in [0.717, 1.165) is 26.8 Å². The van der Waals surface area contributed by atoms with Crippen LogP contribution in [0.25, 0.3) is 10.9 Å². The van der Waals surface area contributed by atoms with E-state index in [-0.39, 0.29) is 0 Å². The third-order valence-electron chi connectivity index (χ3n) is 3.07. The Balaban J connectivity index is 2.00. The Morgan fingerprint density at radius 2 is 2.00 bits per heavy atom. The van der Waals surface area contributed by atoms with Gasteiger partial charge in [-0.25, -0.2) is 4.98 Å². The fraction of sp³-hybridized carbons (Fsp3) is 0.143. The summed E-state index contributed by atoms with van der Waals surface area (Å²) in [7, 11) is 1.65. The van der Waals surface area contributed by atoms with Crippen LogP contribution >= 0.6 is 27.5 Å². The molecule has 0 bridgehead atoms. The summed E-state index contributed by atoms with van der Waals surface area (Å²) in [6.07, 6.45) is 3.39. The lowest BCUT2D eigenvalue weighted by Crippen LogP contribution is -2.02. The topological polar surface area (TPSA) is 39.9 Å². The van der Waals surface area contributed by atoms with Gasteiger partial charge < -0.3 is 4.74 Å². The molecule has 0 aliphatic heterocycles. The minimum absolute atomic E-state index is 0.592. The molecular formula is C14H11BrClN3O. The third-order valence-corrected chi connectivity index (χ3v) is 3.98. The first-order chi connectivity index (χ1) is 9.69. The summed E-state index contributed by atoms with van der Waals surface area (Å²) >= 11 is 9.63. The van der Waals surface area contributed by atoms with Gasteiger partial charge >= 0.3 is 0 Å². The number of rotatable bonds is 3. The van der Waals surface area contributed by atoms with Gasteiger partial charge in [0, 0.05) is 6.20 Å². The van der Waals surface area contributed by atoms with E-state index < -0.39 is 0 Å². The van der Waals surface area contributed by atoms with E-state index in [9.17, 15) is 0 Å². The Morgan fingerprint density at radius 3 is 2.70 bits per heavy atom. The first kappa shape index (κ1) is 13.4. The van der Waals surface area contributed by atoms with E-state index in [2.05, 4.69) is 26.0 Å². The number of fused-ring (bicyclic) bond motifs is 1. The molecule has 102 valence electrons. The highest BCUT2D eigenvalue weighted by molar-refractivity contribution is 9.10. The SMILES string of the molecule is COc1ccc(Cn2ncc3c(Br)ncc(Cl)c32)cc1. The molecule has 2 heterocycles. The van der Waals surface area contributed by atoms with Crippen LogP contribution < -0.4 is 4.74 Å². The lowest BCUT2D eigenvalue weighted by molar-refractivity contribution is 0.414. The molecule has 0 spiro atoms. The molecule has 0 saturated heterocycles. The van der Waals surface area contributed by atoms with E-state index in [4.69, 9.17) is 16.3 Å². The summed E-state index contributed by atoms with van der Waals surface area (Å²) in [6.45, 7) is 0.643. The van der Waals surface area contributed by atoms with E-state index in [1.165, 1.54) is 0 Å². The maximum absolute atomic E-state index is 6.23. The van der Waals surface area contributed by atoms with Crippen molar-refractivity contribution in [2.45, 2.75) is 6.54 Å². The van der Waals surface area contributed by atoms with E-state index in [1.807, 2.05) is 28.9 Å². The number of hydrogen-bond acceptors (Lipinski definition) is 3. The van der Waals surface area contributed by atoms with Crippen LogP contribution in [-0.4, -0.2) is 21.9 Å². The van der Waals surface area contributed by atoms with Crippen LogP contribution in [0, 0.1) is 0 Å².